The Morgan fingerprint density at radius 1 is 1.12 bits per heavy atom. The molecule has 4 nitrogen and oxygen atoms in total. The van der Waals surface area contributed by atoms with Crippen LogP contribution in [0.15, 0.2) is 46.9 Å². The van der Waals surface area contributed by atoms with Gasteiger partial charge >= 0.3 is 5.97 Å². The lowest BCUT2D eigenvalue weighted by Crippen LogP contribution is -2.25. The molecule has 0 radical (unpaired) electrons. The fraction of sp³-hybridized carbons (Fsp3) is 0.263. The Morgan fingerprint density at radius 3 is 2.42 bits per heavy atom. The van der Waals surface area contributed by atoms with E-state index in [2.05, 4.69) is 15.9 Å². The number of carbonyl (C=O) groups excluding carboxylic acids is 2. The highest BCUT2D eigenvalue weighted by Gasteiger charge is 2.20. The van der Waals surface area contributed by atoms with E-state index in [0.29, 0.717) is 11.3 Å². The first-order chi connectivity index (χ1) is 11.4. The third-order valence-corrected chi connectivity index (χ3v) is 4.11. The lowest BCUT2D eigenvalue weighted by Gasteiger charge is -2.14. The van der Waals surface area contributed by atoms with Gasteiger partial charge in [0.1, 0.15) is 5.75 Å². The minimum absolute atomic E-state index is 0.0583. The third kappa shape index (κ3) is 4.68. The highest BCUT2D eigenvalue weighted by Crippen LogP contribution is 2.21. The first-order valence-electron chi connectivity index (χ1n) is 7.53. The SMILES string of the molecule is COc1ccc(C)cc1CC(=O)O[C@@H](C)C(=O)c1ccc(Br)cc1. The molecule has 1 atom stereocenters. The molecule has 24 heavy (non-hydrogen) atoms. The van der Waals surface area contributed by atoms with Crippen molar-refractivity contribution in [3.63, 3.8) is 0 Å². The van der Waals surface area contributed by atoms with Crippen molar-refractivity contribution in [2.24, 2.45) is 0 Å². The zero-order valence-electron chi connectivity index (χ0n) is 13.8. The van der Waals surface area contributed by atoms with Crippen LogP contribution in [0.5, 0.6) is 5.75 Å². The average molecular weight is 391 g/mol. The minimum Gasteiger partial charge on any atom is -0.496 e. The van der Waals surface area contributed by atoms with E-state index in [1.807, 2.05) is 25.1 Å². The summed E-state index contributed by atoms with van der Waals surface area (Å²) in [7, 11) is 1.55. The maximum absolute atomic E-state index is 12.3. The number of methoxy groups -OCH3 is 1. The Morgan fingerprint density at radius 2 is 1.79 bits per heavy atom. The second kappa shape index (κ2) is 8.11. The van der Waals surface area contributed by atoms with Crippen LogP contribution in [0.4, 0.5) is 0 Å². The molecule has 0 fully saturated rings. The van der Waals surface area contributed by atoms with Gasteiger partial charge in [0, 0.05) is 15.6 Å². The maximum Gasteiger partial charge on any atom is 0.311 e. The molecule has 2 aromatic carbocycles. The molecule has 0 saturated carbocycles. The van der Waals surface area contributed by atoms with Gasteiger partial charge < -0.3 is 9.47 Å². The van der Waals surface area contributed by atoms with Gasteiger partial charge in [-0.1, -0.05) is 45.8 Å². The van der Waals surface area contributed by atoms with Gasteiger partial charge in [-0.15, -0.1) is 0 Å². The Labute approximate surface area is 149 Å². The highest BCUT2D eigenvalue weighted by atomic mass is 79.9. The number of Topliss-reactive ketones (excluding diaryl/α,β-unsaturated/α-hetero) is 1. The molecule has 0 aliphatic carbocycles. The molecule has 126 valence electrons. The van der Waals surface area contributed by atoms with Crippen molar-refractivity contribution < 1.29 is 19.1 Å². The largest absolute Gasteiger partial charge is 0.496 e. The summed E-state index contributed by atoms with van der Waals surface area (Å²) in [6.45, 7) is 3.52. The van der Waals surface area contributed by atoms with Crippen molar-refractivity contribution in [2.45, 2.75) is 26.4 Å². The van der Waals surface area contributed by atoms with E-state index in [4.69, 9.17) is 9.47 Å². The van der Waals surface area contributed by atoms with E-state index in [1.54, 1.807) is 38.3 Å². The van der Waals surface area contributed by atoms with Crippen LogP contribution in [0, 0.1) is 6.92 Å². The number of esters is 1. The van der Waals surface area contributed by atoms with E-state index in [-0.39, 0.29) is 12.2 Å². The molecule has 0 spiro atoms. The second-order valence-corrected chi connectivity index (χ2v) is 6.41. The third-order valence-electron chi connectivity index (χ3n) is 3.58. The molecular weight excluding hydrogens is 372 g/mol. The molecule has 0 amide bonds. The number of rotatable bonds is 6. The summed E-state index contributed by atoms with van der Waals surface area (Å²) in [6, 6.07) is 12.5. The predicted molar refractivity (Wildman–Crippen MR) is 95.5 cm³/mol. The van der Waals surface area contributed by atoms with Crippen molar-refractivity contribution in [2.75, 3.05) is 7.11 Å². The van der Waals surface area contributed by atoms with Crippen LogP contribution in [-0.4, -0.2) is 25.0 Å². The van der Waals surface area contributed by atoms with Crippen LogP contribution >= 0.6 is 15.9 Å². The lowest BCUT2D eigenvalue weighted by molar-refractivity contribution is -0.145. The summed E-state index contributed by atoms with van der Waals surface area (Å²) in [5.74, 6) is -0.0617. The number of ketones is 1. The standard InChI is InChI=1S/C19H19BrO4/c1-12-4-9-17(23-3)15(10-12)11-18(21)24-13(2)19(22)14-5-7-16(20)8-6-14/h4-10,13H,11H2,1-3H3/t13-/m0/s1. The first kappa shape index (κ1) is 18.2. The molecule has 0 aromatic heterocycles. The molecule has 0 aliphatic heterocycles. The molecule has 0 bridgehead atoms. The fourth-order valence-corrected chi connectivity index (χ4v) is 2.61. The lowest BCUT2D eigenvalue weighted by atomic mass is 10.1. The quantitative estimate of drug-likeness (QED) is 0.549. The van der Waals surface area contributed by atoms with E-state index in [0.717, 1.165) is 15.6 Å². The van der Waals surface area contributed by atoms with Gasteiger partial charge in [-0.25, -0.2) is 0 Å². The predicted octanol–water partition coefficient (Wildman–Crippen LogP) is 4.12. The number of carbonyl (C=O) groups is 2. The van der Waals surface area contributed by atoms with E-state index in [1.165, 1.54) is 0 Å². The first-order valence-corrected chi connectivity index (χ1v) is 8.32. The van der Waals surface area contributed by atoms with Crippen LogP contribution in [0.3, 0.4) is 0 Å². The zero-order valence-corrected chi connectivity index (χ0v) is 15.4. The number of halogens is 1. The molecule has 0 unspecified atom stereocenters. The molecule has 0 heterocycles. The Balaban J connectivity index is 2.02. The maximum atomic E-state index is 12.3. The normalized spacial score (nSPS) is 11.7. The monoisotopic (exact) mass is 390 g/mol. The average Bonchev–Trinajstić information content (AvgIpc) is 2.55. The van der Waals surface area contributed by atoms with Crippen molar-refractivity contribution >= 4 is 27.7 Å². The molecule has 2 rings (SSSR count). The van der Waals surface area contributed by atoms with Gasteiger partial charge in [0.2, 0.25) is 5.78 Å². The summed E-state index contributed by atoms with van der Waals surface area (Å²) in [5.41, 5.74) is 2.27. The van der Waals surface area contributed by atoms with E-state index >= 15 is 0 Å². The summed E-state index contributed by atoms with van der Waals surface area (Å²) < 4.78 is 11.4. The summed E-state index contributed by atoms with van der Waals surface area (Å²) >= 11 is 3.32. The minimum atomic E-state index is -0.838. The summed E-state index contributed by atoms with van der Waals surface area (Å²) in [4.78, 5) is 24.5. The molecule has 0 saturated heterocycles. The van der Waals surface area contributed by atoms with Crippen molar-refractivity contribution in [1.29, 1.82) is 0 Å². The van der Waals surface area contributed by atoms with Crippen LogP contribution in [0.1, 0.15) is 28.4 Å². The van der Waals surface area contributed by atoms with Gasteiger partial charge in [-0.05, 0) is 32.0 Å². The zero-order chi connectivity index (χ0) is 17.7. The smallest absolute Gasteiger partial charge is 0.311 e. The molecule has 0 N–H and O–H groups in total. The number of ether oxygens (including phenoxy) is 2. The summed E-state index contributed by atoms with van der Waals surface area (Å²) in [5, 5.41) is 0. The van der Waals surface area contributed by atoms with Gasteiger partial charge in [0.25, 0.3) is 0 Å². The molecule has 5 heteroatoms. The molecular formula is C19H19BrO4. The van der Waals surface area contributed by atoms with E-state index in [9.17, 15) is 9.59 Å². The highest BCUT2D eigenvalue weighted by molar-refractivity contribution is 9.10. The molecule has 2 aromatic rings. The van der Waals surface area contributed by atoms with Crippen LogP contribution < -0.4 is 4.74 Å². The van der Waals surface area contributed by atoms with E-state index < -0.39 is 12.1 Å². The van der Waals surface area contributed by atoms with Crippen molar-refractivity contribution in [3.05, 3.63) is 63.6 Å². The van der Waals surface area contributed by atoms with Crippen LogP contribution in [0.25, 0.3) is 0 Å². The van der Waals surface area contributed by atoms with Crippen molar-refractivity contribution in [1.82, 2.24) is 0 Å². The Kier molecular flexibility index (Phi) is 6.15. The summed E-state index contributed by atoms with van der Waals surface area (Å²) in [6.07, 6.45) is -0.780. The van der Waals surface area contributed by atoms with Gasteiger partial charge in [-0.3, -0.25) is 9.59 Å². The second-order valence-electron chi connectivity index (χ2n) is 5.50. The van der Waals surface area contributed by atoms with Crippen molar-refractivity contribution in [3.8, 4) is 5.75 Å². The number of benzene rings is 2. The number of hydrogen-bond donors (Lipinski definition) is 0. The number of aryl methyl sites for hydroxylation is 1. The Hall–Kier alpha value is -2.14. The van der Waals surface area contributed by atoms with Crippen LogP contribution in [0.2, 0.25) is 0 Å². The van der Waals surface area contributed by atoms with Gasteiger partial charge in [0.05, 0.1) is 13.5 Å². The Bertz CT molecular complexity index is 738. The van der Waals surface area contributed by atoms with Crippen LogP contribution in [-0.2, 0) is 16.0 Å². The van der Waals surface area contributed by atoms with Gasteiger partial charge in [-0.2, -0.15) is 0 Å². The fourth-order valence-electron chi connectivity index (χ4n) is 2.34. The van der Waals surface area contributed by atoms with Gasteiger partial charge in [0.15, 0.2) is 6.10 Å². The number of hydrogen-bond acceptors (Lipinski definition) is 4. The molecule has 0 aliphatic rings. The topological polar surface area (TPSA) is 52.6 Å².